The fourth-order valence-corrected chi connectivity index (χ4v) is 4.43. The van der Waals surface area contributed by atoms with Crippen LogP contribution in [0.15, 0.2) is 42.5 Å². The predicted octanol–water partition coefficient (Wildman–Crippen LogP) is 6.68. The highest BCUT2D eigenvalue weighted by atomic mass is 16.6. The Hall–Kier alpha value is -2.93. The van der Waals surface area contributed by atoms with Crippen LogP contribution >= 0.6 is 0 Å². The maximum absolute atomic E-state index is 13.0. The quantitative estimate of drug-likeness (QED) is 0.331. The number of nitrogens with one attached hydrogen (secondary N) is 1. The van der Waals surface area contributed by atoms with Gasteiger partial charge in [0.2, 0.25) is 0 Å². The molecule has 1 N–H and O–H groups in total. The van der Waals surface area contributed by atoms with E-state index in [1.54, 1.807) is 47.6 Å². The lowest BCUT2D eigenvalue weighted by molar-refractivity contribution is -0.153. The molecule has 3 rings (SSSR count). The number of pyridine rings is 1. The van der Waals surface area contributed by atoms with Gasteiger partial charge in [-0.05, 0) is 89.5 Å². The minimum absolute atomic E-state index is 0.290. The summed E-state index contributed by atoms with van der Waals surface area (Å²) < 4.78 is 11.0. The first kappa shape index (κ1) is 29.6. The maximum atomic E-state index is 13.0. The van der Waals surface area contributed by atoms with Crippen molar-refractivity contribution in [1.29, 1.82) is 0 Å². The minimum atomic E-state index is -0.715. The molecule has 2 aromatic rings. The molecule has 1 heterocycles. The Labute approximate surface area is 228 Å². The normalized spacial score (nSPS) is 14.6. The molecule has 38 heavy (non-hydrogen) atoms. The molecule has 1 aliphatic carbocycles. The van der Waals surface area contributed by atoms with E-state index in [2.05, 4.69) is 41.5 Å². The SMILES string of the molecule is CCCCC1(c2ccc(CNCc3cccc(N(CC(=O)OC(C)(C)C)C(=O)OC(C)(C)C)n3)cc2)CC1. The molecular formula is C31H45N3O4. The van der Waals surface area contributed by atoms with Crippen LogP contribution in [0.1, 0.15) is 97.4 Å². The Balaban J connectivity index is 1.64. The van der Waals surface area contributed by atoms with E-state index >= 15 is 0 Å². The van der Waals surface area contributed by atoms with E-state index in [1.165, 1.54) is 48.1 Å². The van der Waals surface area contributed by atoms with Crippen molar-refractivity contribution < 1.29 is 19.1 Å². The van der Waals surface area contributed by atoms with Crippen LogP contribution in [-0.4, -0.2) is 34.8 Å². The first-order valence-electron chi connectivity index (χ1n) is 13.8. The van der Waals surface area contributed by atoms with E-state index < -0.39 is 23.3 Å². The highest BCUT2D eigenvalue weighted by molar-refractivity contribution is 5.92. The number of amides is 1. The zero-order valence-electron chi connectivity index (χ0n) is 24.2. The molecular weight excluding hydrogens is 478 g/mol. The van der Waals surface area contributed by atoms with Crippen molar-refractivity contribution in [2.45, 2.75) is 110 Å². The lowest BCUT2D eigenvalue weighted by atomic mass is 9.90. The number of aromatic nitrogens is 1. The number of hydrogen-bond donors (Lipinski definition) is 1. The Bertz CT molecular complexity index is 1080. The van der Waals surface area contributed by atoms with Gasteiger partial charge in [0.15, 0.2) is 0 Å². The zero-order chi connectivity index (χ0) is 28.0. The van der Waals surface area contributed by atoms with Gasteiger partial charge in [0.25, 0.3) is 0 Å². The topological polar surface area (TPSA) is 80.8 Å². The Kier molecular flexibility index (Phi) is 9.58. The average molecular weight is 524 g/mol. The van der Waals surface area contributed by atoms with Crippen LogP contribution in [-0.2, 0) is 32.8 Å². The minimum Gasteiger partial charge on any atom is -0.459 e. The fourth-order valence-electron chi connectivity index (χ4n) is 4.43. The van der Waals surface area contributed by atoms with E-state index in [1.807, 2.05) is 12.1 Å². The second-order valence-corrected chi connectivity index (χ2v) is 12.3. The molecule has 0 aliphatic heterocycles. The van der Waals surface area contributed by atoms with Gasteiger partial charge in [-0.15, -0.1) is 0 Å². The number of nitrogens with zero attached hydrogens (tertiary/aromatic N) is 2. The molecule has 7 nitrogen and oxygen atoms in total. The number of rotatable bonds is 11. The van der Waals surface area contributed by atoms with Crippen LogP contribution in [0.3, 0.4) is 0 Å². The number of hydrogen-bond acceptors (Lipinski definition) is 6. The van der Waals surface area contributed by atoms with Crippen LogP contribution in [0.5, 0.6) is 0 Å². The van der Waals surface area contributed by atoms with Crippen LogP contribution < -0.4 is 10.2 Å². The van der Waals surface area contributed by atoms with E-state index in [0.717, 1.165) is 5.69 Å². The van der Waals surface area contributed by atoms with E-state index in [4.69, 9.17) is 9.47 Å². The van der Waals surface area contributed by atoms with Gasteiger partial charge in [0.05, 0.1) is 5.69 Å². The van der Waals surface area contributed by atoms with Crippen molar-refractivity contribution in [3.63, 3.8) is 0 Å². The second kappa shape index (κ2) is 12.3. The van der Waals surface area contributed by atoms with Gasteiger partial charge in [-0.2, -0.15) is 0 Å². The molecule has 0 atom stereocenters. The highest BCUT2D eigenvalue weighted by Gasteiger charge is 2.43. The molecule has 208 valence electrons. The standard InChI is InChI=1S/C31H45N3O4/c1-8-9-17-31(18-19-31)24-15-13-23(14-16-24)20-32-21-25-11-10-12-26(33-25)34(28(36)38-30(5,6)7)22-27(35)37-29(2,3)4/h10-16,32H,8-9,17-22H2,1-7H3. The summed E-state index contributed by atoms with van der Waals surface area (Å²) in [6.07, 6.45) is 5.79. The molecule has 0 radical (unpaired) electrons. The summed E-state index contributed by atoms with van der Waals surface area (Å²) in [4.78, 5) is 31.4. The first-order valence-corrected chi connectivity index (χ1v) is 13.8. The summed E-state index contributed by atoms with van der Waals surface area (Å²) in [6.45, 7) is 13.9. The number of esters is 1. The highest BCUT2D eigenvalue weighted by Crippen LogP contribution is 2.51. The third-order valence-electron chi connectivity index (χ3n) is 6.45. The number of ether oxygens (including phenoxy) is 2. The largest absolute Gasteiger partial charge is 0.459 e. The van der Waals surface area contributed by atoms with Crippen molar-refractivity contribution >= 4 is 17.9 Å². The summed E-state index contributed by atoms with van der Waals surface area (Å²) in [5.74, 6) is -0.185. The Morgan fingerprint density at radius 2 is 1.61 bits per heavy atom. The number of carbonyl (C=O) groups excluding carboxylic acids is 2. The van der Waals surface area contributed by atoms with Gasteiger partial charge < -0.3 is 14.8 Å². The molecule has 0 spiro atoms. The lowest BCUT2D eigenvalue weighted by Crippen LogP contribution is -2.42. The Morgan fingerprint density at radius 1 is 0.947 bits per heavy atom. The predicted molar refractivity (Wildman–Crippen MR) is 151 cm³/mol. The Morgan fingerprint density at radius 3 is 2.18 bits per heavy atom. The molecule has 7 heteroatoms. The van der Waals surface area contributed by atoms with Gasteiger partial charge >= 0.3 is 12.1 Å². The summed E-state index contributed by atoms with van der Waals surface area (Å²) in [6, 6.07) is 14.4. The second-order valence-electron chi connectivity index (χ2n) is 12.3. The molecule has 0 saturated heterocycles. The van der Waals surface area contributed by atoms with Crippen LogP contribution in [0.4, 0.5) is 10.6 Å². The molecule has 0 bridgehead atoms. The molecule has 1 amide bonds. The maximum Gasteiger partial charge on any atom is 0.416 e. The van der Waals surface area contributed by atoms with Crippen molar-refractivity contribution in [3.05, 3.63) is 59.3 Å². The lowest BCUT2D eigenvalue weighted by Gasteiger charge is -2.27. The fraction of sp³-hybridized carbons (Fsp3) is 0.581. The third-order valence-corrected chi connectivity index (χ3v) is 6.45. The van der Waals surface area contributed by atoms with Crippen molar-refractivity contribution in [2.75, 3.05) is 11.4 Å². The van der Waals surface area contributed by atoms with Crippen LogP contribution in [0.2, 0.25) is 0 Å². The van der Waals surface area contributed by atoms with Crippen LogP contribution in [0.25, 0.3) is 0 Å². The number of unbranched alkanes of at least 4 members (excludes halogenated alkanes) is 1. The van der Waals surface area contributed by atoms with Crippen molar-refractivity contribution in [3.8, 4) is 0 Å². The summed E-state index contributed by atoms with van der Waals surface area (Å²) in [5, 5.41) is 3.44. The van der Waals surface area contributed by atoms with Gasteiger partial charge in [-0.25, -0.2) is 9.78 Å². The molecule has 1 fully saturated rings. The third kappa shape index (κ3) is 9.12. The summed E-state index contributed by atoms with van der Waals surface area (Å²) in [7, 11) is 0. The number of anilines is 1. The molecule has 1 aromatic carbocycles. The van der Waals surface area contributed by atoms with E-state index in [0.29, 0.717) is 24.3 Å². The molecule has 1 aliphatic rings. The van der Waals surface area contributed by atoms with E-state index in [9.17, 15) is 9.59 Å². The summed E-state index contributed by atoms with van der Waals surface area (Å²) in [5.41, 5.74) is 2.49. The molecule has 1 saturated carbocycles. The van der Waals surface area contributed by atoms with E-state index in [-0.39, 0.29) is 6.54 Å². The number of carbonyl (C=O) groups is 2. The monoisotopic (exact) mass is 523 g/mol. The van der Waals surface area contributed by atoms with Gasteiger partial charge in [0, 0.05) is 13.1 Å². The molecule has 1 aromatic heterocycles. The van der Waals surface area contributed by atoms with Crippen molar-refractivity contribution in [1.82, 2.24) is 10.3 Å². The van der Waals surface area contributed by atoms with Crippen molar-refractivity contribution in [2.24, 2.45) is 0 Å². The van der Waals surface area contributed by atoms with Gasteiger partial charge in [-0.3, -0.25) is 9.69 Å². The zero-order valence-corrected chi connectivity index (χ0v) is 24.2. The smallest absolute Gasteiger partial charge is 0.416 e. The first-order chi connectivity index (χ1) is 17.8. The van der Waals surface area contributed by atoms with Crippen LogP contribution in [0, 0.1) is 0 Å². The van der Waals surface area contributed by atoms with Gasteiger partial charge in [0.1, 0.15) is 23.6 Å². The number of benzene rings is 1. The average Bonchev–Trinajstić information content (AvgIpc) is 3.61. The molecule has 0 unspecified atom stereocenters. The van der Waals surface area contributed by atoms with Gasteiger partial charge in [-0.1, -0.05) is 50.1 Å². The summed E-state index contributed by atoms with van der Waals surface area (Å²) >= 11 is 0.